The van der Waals surface area contributed by atoms with Crippen LogP contribution in [0.2, 0.25) is 0 Å². The van der Waals surface area contributed by atoms with Crippen molar-refractivity contribution in [3.05, 3.63) is 36.4 Å². The largest absolute Gasteiger partial charge is 0.295 e. The van der Waals surface area contributed by atoms with Crippen LogP contribution in [-0.2, 0) is 10.1 Å². The van der Waals surface area contributed by atoms with Crippen LogP contribution in [0, 0.1) is 0 Å². The minimum absolute atomic E-state index is 0.148. The molecule has 0 aromatic heterocycles. The highest BCUT2D eigenvalue weighted by Gasteiger charge is 2.16. The minimum atomic E-state index is -4.28. The molecule has 0 heterocycles. The molecular formula is C12H12N2O3S. The Morgan fingerprint density at radius 1 is 1.17 bits per heavy atom. The van der Waals surface area contributed by atoms with Gasteiger partial charge in [0.1, 0.15) is 4.90 Å². The predicted octanol–water partition coefficient (Wildman–Crippen LogP) is 3.19. The Labute approximate surface area is 105 Å². The molecule has 2 aromatic carbocycles. The number of fused-ring (bicyclic) bond motifs is 1. The summed E-state index contributed by atoms with van der Waals surface area (Å²) in [5.41, 5.74) is 0.433. The van der Waals surface area contributed by atoms with Crippen molar-refractivity contribution in [3.8, 4) is 0 Å². The normalized spacial score (nSPS) is 12.3. The van der Waals surface area contributed by atoms with Crippen LogP contribution in [0.3, 0.4) is 0 Å². The summed E-state index contributed by atoms with van der Waals surface area (Å²) in [4.78, 5) is -0.148. The lowest BCUT2D eigenvalue weighted by Gasteiger charge is -2.05. The van der Waals surface area contributed by atoms with Gasteiger partial charge in [-0.1, -0.05) is 24.3 Å². The zero-order valence-corrected chi connectivity index (χ0v) is 10.6. The third kappa shape index (κ3) is 2.39. The SMILES string of the molecule is CCN=Nc1cccc2cccc(S(=O)(=O)O)c12. The van der Waals surface area contributed by atoms with Crippen molar-refractivity contribution in [3.63, 3.8) is 0 Å². The van der Waals surface area contributed by atoms with Gasteiger partial charge in [-0.2, -0.15) is 18.6 Å². The summed E-state index contributed by atoms with van der Waals surface area (Å²) in [6, 6.07) is 9.87. The highest BCUT2D eigenvalue weighted by Crippen LogP contribution is 2.31. The molecule has 0 atom stereocenters. The Hall–Kier alpha value is -1.79. The van der Waals surface area contributed by atoms with Crippen LogP contribution in [0.5, 0.6) is 0 Å². The van der Waals surface area contributed by atoms with Crippen LogP contribution in [0.1, 0.15) is 6.92 Å². The molecule has 18 heavy (non-hydrogen) atoms. The molecular weight excluding hydrogens is 252 g/mol. The number of rotatable bonds is 3. The first-order valence-electron chi connectivity index (χ1n) is 5.41. The summed E-state index contributed by atoms with van der Waals surface area (Å²) in [6.07, 6.45) is 0. The van der Waals surface area contributed by atoms with Gasteiger partial charge < -0.3 is 0 Å². The topological polar surface area (TPSA) is 79.1 Å². The van der Waals surface area contributed by atoms with Crippen molar-refractivity contribution < 1.29 is 13.0 Å². The van der Waals surface area contributed by atoms with E-state index < -0.39 is 10.1 Å². The Bertz CT molecular complexity index is 703. The van der Waals surface area contributed by atoms with Crippen molar-refractivity contribution in [1.82, 2.24) is 0 Å². The third-order valence-electron chi connectivity index (χ3n) is 2.44. The number of hydrogen-bond acceptors (Lipinski definition) is 4. The van der Waals surface area contributed by atoms with Crippen LogP contribution >= 0.6 is 0 Å². The first kappa shape index (κ1) is 12.7. The quantitative estimate of drug-likeness (QED) is 0.683. The van der Waals surface area contributed by atoms with Gasteiger partial charge in [0, 0.05) is 5.39 Å². The van der Waals surface area contributed by atoms with E-state index in [1.807, 2.05) is 6.92 Å². The fraction of sp³-hybridized carbons (Fsp3) is 0.167. The van der Waals surface area contributed by atoms with E-state index in [2.05, 4.69) is 10.2 Å². The van der Waals surface area contributed by atoms with Crippen molar-refractivity contribution >= 4 is 26.6 Å². The molecule has 0 aliphatic rings. The molecule has 2 rings (SSSR count). The van der Waals surface area contributed by atoms with E-state index in [4.69, 9.17) is 0 Å². The summed E-state index contributed by atoms with van der Waals surface area (Å²) >= 11 is 0. The number of benzene rings is 2. The first-order chi connectivity index (χ1) is 8.54. The molecule has 0 amide bonds. The Balaban J connectivity index is 2.85. The van der Waals surface area contributed by atoms with E-state index in [1.165, 1.54) is 6.07 Å². The maximum atomic E-state index is 11.4. The van der Waals surface area contributed by atoms with Gasteiger partial charge in [0.05, 0.1) is 12.2 Å². The molecule has 0 saturated carbocycles. The van der Waals surface area contributed by atoms with Gasteiger partial charge >= 0.3 is 0 Å². The molecule has 0 radical (unpaired) electrons. The second-order valence-electron chi connectivity index (χ2n) is 3.66. The first-order valence-corrected chi connectivity index (χ1v) is 6.85. The van der Waals surface area contributed by atoms with Gasteiger partial charge in [-0.25, -0.2) is 0 Å². The van der Waals surface area contributed by atoms with Crippen molar-refractivity contribution in [2.75, 3.05) is 6.54 Å². The van der Waals surface area contributed by atoms with Gasteiger partial charge in [-0.15, -0.1) is 0 Å². The van der Waals surface area contributed by atoms with Crippen LogP contribution in [0.15, 0.2) is 51.5 Å². The van der Waals surface area contributed by atoms with Crippen LogP contribution in [0.4, 0.5) is 5.69 Å². The summed E-state index contributed by atoms with van der Waals surface area (Å²) < 4.78 is 31.9. The maximum absolute atomic E-state index is 11.4. The lowest BCUT2D eigenvalue weighted by Crippen LogP contribution is -1.98. The van der Waals surface area contributed by atoms with Gasteiger partial charge in [0.2, 0.25) is 0 Å². The predicted molar refractivity (Wildman–Crippen MR) is 68.8 cm³/mol. The molecule has 1 N–H and O–H groups in total. The summed E-state index contributed by atoms with van der Waals surface area (Å²) in [5, 5.41) is 8.92. The molecule has 0 aliphatic heterocycles. The summed E-state index contributed by atoms with van der Waals surface area (Å²) in [7, 11) is -4.28. The van der Waals surface area contributed by atoms with Gasteiger partial charge in [0.25, 0.3) is 10.1 Å². The fourth-order valence-electron chi connectivity index (χ4n) is 1.73. The lowest BCUT2D eigenvalue weighted by molar-refractivity contribution is 0.484. The molecule has 0 spiro atoms. The van der Waals surface area contributed by atoms with Crippen LogP contribution < -0.4 is 0 Å². The molecule has 5 nitrogen and oxygen atoms in total. The molecule has 6 heteroatoms. The number of azo groups is 1. The summed E-state index contributed by atoms with van der Waals surface area (Å²) in [6.45, 7) is 2.34. The van der Waals surface area contributed by atoms with E-state index in [9.17, 15) is 13.0 Å². The van der Waals surface area contributed by atoms with E-state index in [1.54, 1.807) is 30.3 Å². The molecule has 0 bridgehead atoms. The highest BCUT2D eigenvalue weighted by molar-refractivity contribution is 7.86. The number of hydrogen-bond donors (Lipinski definition) is 1. The Kier molecular flexibility index (Phi) is 3.40. The maximum Gasteiger partial charge on any atom is 0.295 e. The average Bonchev–Trinajstić information content (AvgIpc) is 2.34. The highest BCUT2D eigenvalue weighted by atomic mass is 32.2. The van der Waals surface area contributed by atoms with E-state index in [0.29, 0.717) is 23.0 Å². The molecule has 0 unspecified atom stereocenters. The standard InChI is InChI=1S/C12H12N2O3S/c1-2-13-14-10-7-3-5-9-6-4-8-11(12(9)10)18(15,16)17/h3-8H,2H2,1H3,(H,15,16,17). The monoisotopic (exact) mass is 264 g/mol. The van der Waals surface area contributed by atoms with E-state index in [0.717, 1.165) is 0 Å². The zero-order valence-electron chi connectivity index (χ0n) is 9.74. The second-order valence-corrected chi connectivity index (χ2v) is 5.05. The van der Waals surface area contributed by atoms with Crippen LogP contribution in [-0.4, -0.2) is 19.5 Å². The molecule has 0 aliphatic carbocycles. The molecule has 2 aromatic rings. The Morgan fingerprint density at radius 2 is 1.83 bits per heavy atom. The molecule has 0 fully saturated rings. The molecule has 0 saturated heterocycles. The van der Waals surface area contributed by atoms with Gasteiger partial charge in [0.15, 0.2) is 0 Å². The zero-order chi connectivity index (χ0) is 13.2. The minimum Gasteiger partial charge on any atom is -0.282 e. The van der Waals surface area contributed by atoms with E-state index >= 15 is 0 Å². The van der Waals surface area contributed by atoms with Gasteiger partial charge in [-0.05, 0) is 24.4 Å². The van der Waals surface area contributed by atoms with Crippen molar-refractivity contribution in [2.45, 2.75) is 11.8 Å². The summed E-state index contributed by atoms with van der Waals surface area (Å²) in [5.74, 6) is 0. The van der Waals surface area contributed by atoms with Gasteiger partial charge in [-0.3, -0.25) is 4.55 Å². The van der Waals surface area contributed by atoms with Crippen molar-refractivity contribution in [1.29, 1.82) is 0 Å². The lowest BCUT2D eigenvalue weighted by atomic mass is 10.1. The van der Waals surface area contributed by atoms with Crippen molar-refractivity contribution in [2.24, 2.45) is 10.2 Å². The third-order valence-corrected chi connectivity index (χ3v) is 3.34. The smallest absolute Gasteiger partial charge is 0.282 e. The average molecular weight is 264 g/mol. The Morgan fingerprint density at radius 3 is 2.44 bits per heavy atom. The second kappa shape index (κ2) is 4.83. The molecule has 94 valence electrons. The number of nitrogens with zero attached hydrogens (tertiary/aromatic N) is 2. The fourth-order valence-corrected chi connectivity index (χ4v) is 2.46. The van der Waals surface area contributed by atoms with E-state index in [-0.39, 0.29) is 4.90 Å². The van der Waals surface area contributed by atoms with Crippen LogP contribution in [0.25, 0.3) is 10.8 Å².